The molecule has 6 fully saturated rings. The van der Waals surface area contributed by atoms with Crippen LogP contribution in [0.4, 0.5) is 0 Å². The Labute approximate surface area is 245 Å². The van der Waals surface area contributed by atoms with Crippen molar-refractivity contribution in [2.24, 2.45) is 52.3 Å². The van der Waals surface area contributed by atoms with Crippen LogP contribution in [0.3, 0.4) is 0 Å². The van der Waals surface area contributed by atoms with Crippen LogP contribution in [0.15, 0.2) is 0 Å². The summed E-state index contributed by atoms with van der Waals surface area (Å²) in [5.41, 5.74) is 0.814. The lowest BCUT2D eigenvalue weighted by Gasteiger charge is -2.61. The third kappa shape index (κ3) is 5.01. The van der Waals surface area contributed by atoms with Crippen molar-refractivity contribution in [1.82, 2.24) is 0 Å². The molecular formula is C36H60O4. The average molecular weight is 557 g/mol. The Hall–Kier alpha value is -0.610. The van der Waals surface area contributed by atoms with Crippen LogP contribution in [0.5, 0.6) is 0 Å². The van der Waals surface area contributed by atoms with Crippen LogP contribution in [0.2, 0.25) is 0 Å². The second kappa shape index (κ2) is 11.5. The summed E-state index contributed by atoms with van der Waals surface area (Å²) in [4.78, 5) is 12.6. The van der Waals surface area contributed by atoms with Gasteiger partial charge in [0.1, 0.15) is 6.10 Å². The third-order valence-electron chi connectivity index (χ3n) is 13.9. The SMILES string of the molecule is CCCCCCCCC(=O)O[C@@H]1CC[C@@]2(C)[C@@H](CC[C@@H]3[C@@H]2CC[C@]2(C)[C@@H]4[C@H](C[C@@H]32)O[C@@]2(CC[C@H](C)CO2)[C@H]4C)C1. The van der Waals surface area contributed by atoms with Gasteiger partial charge in [-0.15, -0.1) is 0 Å². The molecule has 0 aromatic rings. The fourth-order valence-corrected chi connectivity index (χ4v) is 11.6. The first-order valence-corrected chi connectivity index (χ1v) is 17.7. The average Bonchev–Trinajstić information content (AvgIpc) is 3.38. The highest BCUT2D eigenvalue weighted by atomic mass is 16.7. The van der Waals surface area contributed by atoms with Gasteiger partial charge in [0.15, 0.2) is 5.79 Å². The van der Waals surface area contributed by atoms with E-state index >= 15 is 0 Å². The molecule has 2 heterocycles. The molecule has 0 aromatic heterocycles. The van der Waals surface area contributed by atoms with Gasteiger partial charge in [-0.2, -0.15) is 0 Å². The van der Waals surface area contributed by atoms with Gasteiger partial charge in [0, 0.05) is 18.8 Å². The summed E-state index contributed by atoms with van der Waals surface area (Å²) in [6, 6.07) is 0. The largest absolute Gasteiger partial charge is 0.462 e. The summed E-state index contributed by atoms with van der Waals surface area (Å²) in [6.45, 7) is 13.2. The lowest BCUT2D eigenvalue weighted by Crippen LogP contribution is -2.55. The zero-order valence-corrected chi connectivity index (χ0v) is 26.6. The molecule has 0 radical (unpaired) electrons. The van der Waals surface area contributed by atoms with Gasteiger partial charge in [0.2, 0.25) is 0 Å². The number of fused-ring (bicyclic) bond motifs is 7. The van der Waals surface area contributed by atoms with Crippen molar-refractivity contribution >= 4 is 5.97 Å². The van der Waals surface area contributed by atoms with Crippen molar-refractivity contribution in [1.29, 1.82) is 0 Å². The second-order valence-corrected chi connectivity index (χ2v) is 16.1. The fraction of sp³-hybridized carbons (Fsp3) is 0.972. The number of esters is 1. The van der Waals surface area contributed by atoms with Crippen molar-refractivity contribution in [3.05, 3.63) is 0 Å². The van der Waals surface area contributed by atoms with Gasteiger partial charge in [-0.3, -0.25) is 4.79 Å². The zero-order chi connectivity index (χ0) is 28.1. The topological polar surface area (TPSA) is 44.8 Å². The van der Waals surface area contributed by atoms with Gasteiger partial charge in [-0.05, 0) is 111 Å². The number of ether oxygens (including phenoxy) is 3. The van der Waals surface area contributed by atoms with Crippen LogP contribution < -0.4 is 0 Å². The fourth-order valence-electron chi connectivity index (χ4n) is 11.6. The molecule has 12 atom stereocenters. The molecule has 0 aromatic carbocycles. The van der Waals surface area contributed by atoms with Gasteiger partial charge in [0.05, 0.1) is 12.7 Å². The van der Waals surface area contributed by atoms with Crippen molar-refractivity contribution in [2.45, 2.75) is 162 Å². The van der Waals surface area contributed by atoms with Crippen molar-refractivity contribution < 1.29 is 19.0 Å². The molecule has 0 amide bonds. The molecular weight excluding hydrogens is 496 g/mol. The van der Waals surface area contributed by atoms with Gasteiger partial charge in [-0.1, -0.05) is 66.7 Å². The highest BCUT2D eigenvalue weighted by molar-refractivity contribution is 5.69. The minimum absolute atomic E-state index is 0.0620. The minimum atomic E-state index is -0.304. The highest BCUT2D eigenvalue weighted by Crippen LogP contribution is 2.71. The Balaban J connectivity index is 1.05. The molecule has 2 aliphatic heterocycles. The predicted octanol–water partition coefficient (Wildman–Crippen LogP) is 9.10. The van der Waals surface area contributed by atoms with E-state index in [1.165, 1.54) is 77.0 Å². The molecule has 6 aliphatic rings. The summed E-state index contributed by atoms with van der Waals surface area (Å²) < 4.78 is 19.6. The van der Waals surface area contributed by atoms with E-state index in [4.69, 9.17) is 14.2 Å². The number of carbonyl (C=O) groups excluding carboxylic acids is 1. The molecule has 4 saturated carbocycles. The minimum Gasteiger partial charge on any atom is -0.462 e. The number of hydrogen-bond acceptors (Lipinski definition) is 4. The summed E-state index contributed by atoms with van der Waals surface area (Å²) in [5, 5.41) is 0. The zero-order valence-electron chi connectivity index (χ0n) is 26.6. The predicted molar refractivity (Wildman–Crippen MR) is 160 cm³/mol. The lowest BCUT2D eigenvalue weighted by atomic mass is 9.44. The van der Waals surface area contributed by atoms with E-state index in [1.54, 1.807) is 0 Å². The first kappa shape index (κ1) is 29.5. The van der Waals surface area contributed by atoms with Crippen LogP contribution in [0.1, 0.15) is 144 Å². The Morgan fingerprint density at radius 3 is 2.40 bits per heavy atom. The molecule has 40 heavy (non-hydrogen) atoms. The molecule has 0 unspecified atom stereocenters. The monoisotopic (exact) mass is 556 g/mol. The van der Waals surface area contributed by atoms with Crippen LogP contribution >= 0.6 is 0 Å². The number of hydrogen-bond donors (Lipinski definition) is 0. The third-order valence-corrected chi connectivity index (χ3v) is 13.9. The molecule has 0 bridgehead atoms. The van der Waals surface area contributed by atoms with Gasteiger partial charge >= 0.3 is 5.97 Å². The van der Waals surface area contributed by atoms with Crippen LogP contribution in [-0.4, -0.2) is 30.6 Å². The number of unbranched alkanes of at least 4 members (excludes halogenated alkanes) is 5. The molecule has 2 saturated heterocycles. The van der Waals surface area contributed by atoms with E-state index in [-0.39, 0.29) is 17.9 Å². The van der Waals surface area contributed by atoms with Gasteiger partial charge < -0.3 is 14.2 Å². The van der Waals surface area contributed by atoms with E-state index in [1.807, 2.05) is 0 Å². The summed E-state index contributed by atoms with van der Waals surface area (Å²) in [5.74, 6) is 4.77. The van der Waals surface area contributed by atoms with Crippen LogP contribution in [-0.2, 0) is 19.0 Å². The first-order valence-electron chi connectivity index (χ1n) is 17.7. The number of rotatable bonds is 8. The summed E-state index contributed by atoms with van der Waals surface area (Å²) >= 11 is 0. The molecule has 4 aliphatic carbocycles. The van der Waals surface area contributed by atoms with E-state index in [9.17, 15) is 4.79 Å². The van der Waals surface area contributed by atoms with Crippen molar-refractivity contribution in [2.75, 3.05) is 6.61 Å². The van der Waals surface area contributed by atoms with Gasteiger partial charge in [-0.25, -0.2) is 0 Å². The molecule has 1 spiro atoms. The van der Waals surface area contributed by atoms with Crippen LogP contribution in [0.25, 0.3) is 0 Å². The Morgan fingerprint density at radius 2 is 1.62 bits per heavy atom. The molecule has 4 nitrogen and oxygen atoms in total. The molecule has 0 N–H and O–H groups in total. The second-order valence-electron chi connectivity index (χ2n) is 16.1. The molecule has 228 valence electrons. The maximum atomic E-state index is 12.6. The van der Waals surface area contributed by atoms with Crippen molar-refractivity contribution in [3.63, 3.8) is 0 Å². The quantitative estimate of drug-likeness (QED) is 0.221. The Morgan fingerprint density at radius 1 is 0.850 bits per heavy atom. The van der Waals surface area contributed by atoms with E-state index in [0.29, 0.717) is 41.1 Å². The Kier molecular flexibility index (Phi) is 8.45. The Bertz CT molecular complexity index is 893. The number of carbonyl (C=O) groups is 1. The lowest BCUT2D eigenvalue weighted by molar-refractivity contribution is -0.273. The molecule has 4 heteroatoms. The normalized spacial score (nSPS) is 49.7. The van der Waals surface area contributed by atoms with Gasteiger partial charge in [0.25, 0.3) is 0 Å². The first-order chi connectivity index (χ1) is 19.2. The smallest absolute Gasteiger partial charge is 0.306 e. The maximum Gasteiger partial charge on any atom is 0.306 e. The van der Waals surface area contributed by atoms with Crippen LogP contribution in [0, 0.1) is 52.3 Å². The highest BCUT2D eigenvalue weighted by Gasteiger charge is 2.69. The maximum absolute atomic E-state index is 12.6. The molecule has 6 rings (SSSR count). The van der Waals surface area contributed by atoms with Crippen molar-refractivity contribution in [3.8, 4) is 0 Å². The standard InChI is InChI=1S/C36H60O4/c1-6-7-8-9-10-11-12-32(37)39-27-16-18-34(4)26(21-27)13-14-28-29(34)17-19-35(5)30(28)22-31-33(35)25(3)36(40-31)20-15-24(2)23-38-36/h24-31,33H,6-23H2,1-5H3/t24-,25-,26-,27+,28+,29-,30-,31-,33-,34-,35-,36-/m0/s1. The summed E-state index contributed by atoms with van der Waals surface area (Å²) in [7, 11) is 0. The van der Waals surface area contributed by atoms with E-state index in [0.717, 1.165) is 56.0 Å². The summed E-state index contributed by atoms with van der Waals surface area (Å²) in [6.07, 6.45) is 20.9. The van der Waals surface area contributed by atoms with E-state index in [2.05, 4.69) is 34.6 Å². The van der Waals surface area contributed by atoms with E-state index < -0.39 is 0 Å².